The third-order valence-corrected chi connectivity index (χ3v) is 7.98. The fourth-order valence-electron chi connectivity index (χ4n) is 5.04. The Balaban J connectivity index is 1.60. The maximum Gasteiger partial charge on any atom is 0.119 e. The van der Waals surface area contributed by atoms with Crippen molar-refractivity contribution in [2.24, 2.45) is 0 Å². The molecule has 0 saturated carbocycles. The van der Waals surface area contributed by atoms with E-state index in [4.69, 9.17) is 52.1 Å². The van der Waals surface area contributed by atoms with Crippen molar-refractivity contribution in [2.45, 2.75) is 90.4 Å². The van der Waals surface area contributed by atoms with Crippen LogP contribution in [0.4, 0.5) is 0 Å². The van der Waals surface area contributed by atoms with Crippen LogP contribution in [0.5, 0.6) is 5.75 Å². The second kappa shape index (κ2) is 44.0. The van der Waals surface area contributed by atoms with Crippen LogP contribution in [-0.4, -0.2) is 139 Å². The number of benzene rings is 1. The number of rotatable bonds is 45. The van der Waals surface area contributed by atoms with Gasteiger partial charge < -0.3 is 52.1 Å². The molecule has 0 saturated heterocycles. The zero-order valence-corrected chi connectivity index (χ0v) is 32.9. The molecule has 0 aliphatic rings. The highest BCUT2D eigenvalue weighted by Crippen LogP contribution is 2.12. The zero-order chi connectivity index (χ0) is 36.9. The molecule has 0 aliphatic heterocycles. The third kappa shape index (κ3) is 39.8. The summed E-state index contributed by atoms with van der Waals surface area (Å²) < 4.78 is 60.9. The molecule has 0 N–H and O–H groups in total. The number of hydrogen-bond acceptors (Lipinski definition) is 11. The predicted molar refractivity (Wildman–Crippen MR) is 206 cm³/mol. The molecule has 0 unspecified atom stereocenters. The van der Waals surface area contributed by atoms with Crippen LogP contribution in [0.15, 0.2) is 30.3 Å². The molecule has 1 rings (SSSR count). The Kier molecular flexibility index (Phi) is 41.2. The second-order valence-electron chi connectivity index (χ2n) is 12.5. The highest BCUT2D eigenvalue weighted by molar-refractivity contribution is 5.20. The summed E-state index contributed by atoms with van der Waals surface area (Å²) in [5, 5.41) is 0. The van der Waals surface area contributed by atoms with Crippen LogP contribution >= 0.6 is 0 Å². The lowest BCUT2D eigenvalue weighted by molar-refractivity contribution is -0.0267. The predicted octanol–water partition coefficient (Wildman–Crippen LogP) is 7.32. The van der Waals surface area contributed by atoms with Gasteiger partial charge in [0.05, 0.1) is 126 Å². The summed E-state index contributed by atoms with van der Waals surface area (Å²) in [6.07, 6.45) is 17.8. The first-order chi connectivity index (χ1) is 25.9. The van der Waals surface area contributed by atoms with Crippen molar-refractivity contribution >= 4 is 0 Å². The van der Waals surface area contributed by atoms with Gasteiger partial charge in [0.1, 0.15) is 12.4 Å². The Morgan fingerprint density at radius 1 is 0.269 bits per heavy atom. The Bertz CT molecular complexity index is 774. The van der Waals surface area contributed by atoms with Gasteiger partial charge in [-0.1, -0.05) is 102 Å². The lowest BCUT2D eigenvalue weighted by Crippen LogP contribution is -2.15. The molecule has 1 aromatic carbocycles. The van der Waals surface area contributed by atoms with E-state index in [2.05, 4.69) is 6.92 Å². The second-order valence-corrected chi connectivity index (χ2v) is 12.5. The van der Waals surface area contributed by atoms with Crippen molar-refractivity contribution in [3.8, 4) is 5.75 Å². The molecule has 0 radical (unpaired) electrons. The monoisotopic (exact) mass is 745 g/mol. The molecule has 0 aromatic heterocycles. The van der Waals surface area contributed by atoms with Gasteiger partial charge >= 0.3 is 0 Å². The van der Waals surface area contributed by atoms with E-state index >= 15 is 0 Å². The first-order valence-corrected chi connectivity index (χ1v) is 20.4. The van der Waals surface area contributed by atoms with E-state index in [9.17, 15) is 0 Å². The van der Waals surface area contributed by atoms with Gasteiger partial charge in [0.15, 0.2) is 0 Å². The molecular formula is C41H76O11. The summed E-state index contributed by atoms with van der Waals surface area (Å²) in [6, 6.07) is 9.69. The minimum absolute atomic E-state index is 0.520. The SMILES string of the molecule is CCCCCCCCCCCCCCCOCCOCCOCCOCCOCCOCCOCCOCCOCCOCCOc1ccccc1. The zero-order valence-electron chi connectivity index (χ0n) is 32.9. The number of ether oxygens (including phenoxy) is 11. The summed E-state index contributed by atoms with van der Waals surface area (Å²) in [4.78, 5) is 0. The standard InChI is InChI=1S/C41H76O11/c1-2-3-4-5-6-7-8-9-10-11-12-13-17-20-42-21-22-43-23-24-44-25-26-45-27-28-46-29-30-47-31-32-48-33-34-49-35-36-50-37-38-51-39-40-52-41-18-15-14-16-19-41/h14-16,18-19H,2-13,17,20-40H2,1H3. The van der Waals surface area contributed by atoms with Crippen LogP contribution in [0.2, 0.25) is 0 Å². The molecule has 0 spiro atoms. The van der Waals surface area contributed by atoms with E-state index < -0.39 is 0 Å². The summed E-state index contributed by atoms with van der Waals surface area (Å²) >= 11 is 0. The van der Waals surface area contributed by atoms with Crippen molar-refractivity contribution in [1.82, 2.24) is 0 Å². The Morgan fingerprint density at radius 2 is 0.519 bits per heavy atom. The quantitative estimate of drug-likeness (QED) is 0.0628. The van der Waals surface area contributed by atoms with Crippen molar-refractivity contribution < 1.29 is 52.1 Å². The summed E-state index contributed by atoms with van der Waals surface area (Å²) in [7, 11) is 0. The molecule has 306 valence electrons. The number of para-hydroxylation sites is 1. The molecule has 0 fully saturated rings. The van der Waals surface area contributed by atoms with Crippen molar-refractivity contribution in [3.63, 3.8) is 0 Å². The molecule has 0 aliphatic carbocycles. The lowest BCUT2D eigenvalue weighted by atomic mass is 10.0. The minimum atomic E-state index is 0.520. The summed E-state index contributed by atoms with van der Waals surface area (Å²) in [5.74, 6) is 0.848. The molecule has 11 heteroatoms. The number of unbranched alkanes of at least 4 members (excludes halogenated alkanes) is 12. The van der Waals surface area contributed by atoms with Gasteiger partial charge in [0.25, 0.3) is 0 Å². The van der Waals surface area contributed by atoms with E-state index in [1.165, 1.54) is 77.0 Å². The van der Waals surface area contributed by atoms with Crippen LogP contribution < -0.4 is 4.74 Å². The Hall–Kier alpha value is -1.38. The van der Waals surface area contributed by atoms with Crippen LogP contribution in [0.3, 0.4) is 0 Å². The lowest BCUT2D eigenvalue weighted by Gasteiger charge is -2.09. The summed E-state index contributed by atoms with van der Waals surface area (Å²) in [5.41, 5.74) is 0. The smallest absolute Gasteiger partial charge is 0.119 e. The Labute approximate surface area is 316 Å². The van der Waals surface area contributed by atoms with Gasteiger partial charge in [-0.25, -0.2) is 0 Å². The highest BCUT2D eigenvalue weighted by atomic mass is 16.6. The molecule has 11 nitrogen and oxygen atoms in total. The fourth-order valence-corrected chi connectivity index (χ4v) is 5.04. The van der Waals surface area contributed by atoms with Crippen LogP contribution in [0.1, 0.15) is 90.4 Å². The van der Waals surface area contributed by atoms with E-state index in [1.807, 2.05) is 30.3 Å². The molecule has 0 bridgehead atoms. The van der Waals surface area contributed by atoms with Gasteiger partial charge in [-0.05, 0) is 18.6 Å². The highest BCUT2D eigenvalue weighted by Gasteiger charge is 1.98. The Morgan fingerprint density at radius 3 is 0.827 bits per heavy atom. The molecular weight excluding hydrogens is 668 g/mol. The van der Waals surface area contributed by atoms with Gasteiger partial charge in [-0.15, -0.1) is 0 Å². The number of hydrogen-bond donors (Lipinski definition) is 0. The largest absolute Gasteiger partial charge is 0.491 e. The maximum absolute atomic E-state index is 5.68. The molecule has 0 amide bonds. The normalized spacial score (nSPS) is 11.5. The van der Waals surface area contributed by atoms with Crippen LogP contribution in [0, 0.1) is 0 Å². The van der Waals surface area contributed by atoms with Gasteiger partial charge in [0, 0.05) is 6.61 Å². The van der Waals surface area contributed by atoms with Crippen LogP contribution in [0.25, 0.3) is 0 Å². The first kappa shape index (κ1) is 48.6. The third-order valence-electron chi connectivity index (χ3n) is 7.98. The minimum Gasteiger partial charge on any atom is -0.491 e. The molecule has 0 atom stereocenters. The topological polar surface area (TPSA) is 102 Å². The molecule has 52 heavy (non-hydrogen) atoms. The van der Waals surface area contributed by atoms with Gasteiger partial charge in [-0.2, -0.15) is 0 Å². The molecule has 0 heterocycles. The van der Waals surface area contributed by atoms with Crippen molar-refractivity contribution in [1.29, 1.82) is 0 Å². The van der Waals surface area contributed by atoms with Crippen molar-refractivity contribution in [3.05, 3.63) is 30.3 Å². The summed E-state index contributed by atoms with van der Waals surface area (Å²) in [6.45, 7) is 13.9. The van der Waals surface area contributed by atoms with E-state index in [0.717, 1.165) is 18.8 Å². The average Bonchev–Trinajstić information content (AvgIpc) is 3.17. The molecule has 1 aromatic rings. The van der Waals surface area contributed by atoms with E-state index in [1.54, 1.807) is 0 Å². The van der Waals surface area contributed by atoms with Crippen molar-refractivity contribution in [2.75, 3.05) is 139 Å². The average molecular weight is 745 g/mol. The van der Waals surface area contributed by atoms with E-state index in [0.29, 0.717) is 132 Å². The first-order valence-electron chi connectivity index (χ1n) is 20.4. The maximum atomic E-state index is 5.68. The fraction of sp³-hybridized carbons (Fsp3) is 0.854. The van der Waals surface area contributed by atoms with Gasteiger partial charge in [-0.3, -0.25) is 0 Å². The van der Waals surface area contributed by atoms with E-state index in [-0.39, 0.29) is 0 Å². The van der Waals surface area contributed by atoms with Gasteiger partial charge in [0.2, 0.25) is 0 Å². The van der Waals surface area contributed by atoms with Crippen LogP contribution in [-0.2, 0) is 47.4 Å².